The molecule has 1 N–H and O–H groups in total. The molecule has 0 aliphatic heterocycles. The molecule has 0 aliphatic rings. The van der Waals surface area contributed by atoms with E-state index in [-0.39, 0.29) is 0 Å². The molecule has 1 rings (SSSR count). The van der Waals surface area contributed by atoms with Crippen LogP contribution in [0.4, 0.5) is 0 Å². The van der Waals surface area contributed by atoms with Gasteiger partial charge in [0.15, 0.2) is 0 Å². The maximum absolute atomic E-state index is 10.6. The molecule has 0 saturated carbocycles. The van der Waals surface area contributed by atoms with Crippen LogP contribution in [0.3, 0.4) is 0 Å². The van der Waals surface area contributed by atoms with Gasteiger partial charge >= 0.3 is 0 Å². The Morgan fingerprint density at radius 1 is 1.31 bits per heavy atom. The van der Waals surface area contributed by atoms with Crippen LogP contribution in [0.1, 0.15) is 11.1 Å². The Morgan fingerprint density at radius 2 is 1.92 bits per heavy atom. The smallest absolute Gasteiger partial charge is 0.282 e. The molecule has 5 heteroatoms. The van der Waals surface area contributed by atoms with E-state index >= 15 is 0 Å². The van der Waals surface area contributed by atoms with Crippen molar-refractivity contribution in [3.63, 3.8) is 0 Å². The second-order valence-corrected chi connectivity index (χ2v) is 6.68. The van der Waals surface area contributed by atoms with Crippen LogP contribution in [0.15, 0.2) is 18.2 Å². The topological polar surface area (TPSA) is 54.4 Å². The number of aryl methyl sites for hydroxylation is 1. The van der Waals surface area contributed by atoms with E-state index in [0.29, 0.717) is 5.30 Å². The molecule has 0 bridgehead atoms. The summed E-state index contributed by atoms with van der Waals surface area (Å²) in [6, 6.07) is 5.41. The van der Waals surface area contributed by atoms with Crippen molar-refractivity contribution in [2.75, 3.05) is 0 Å². The molecular formula is C8H11O3PS. The summed E-state index contributed by atoms with van der Waals surface area (Å²) >= 11 is 0. The van der Waals surface area contributed by atoms with Crippen molar-refractivity contribution in [2.45, 2.75) is 13.8 Å². The lowest BCUT2D eigenvalue weighted by Gasteiger charge is -2.05. The molecule has 1 unspecified atom stereocenters. The minimum atomic E-state index is -3.89. The minimum absolute atomic E-state index is 0.563. The summed E-state index contributed by atoms with van der Waals surface area (Å²) in [5.74, 6) is 0. The molecule has 0 fully saturated rings. The van der Waals surface area contributed by atoms with Crippen LogP contribution >= 0.6 is 7.78 Å². The zero-order valence-electron chi connectivity index (χ0n) is 7.40. The van der Waals surface area contributed by atoms with Gasteiger partial charge in [-0.05, 0) is 30.3 Å². The van der Waals surface area contributed by atoms with Crippen molar-refractivity contribution in [2.24, 2.45) is 0 Å². The van der Waals surface area contributed by atoms with Gasteiger partial charge in [-0.2, -0.15) is 8.42 Å². The van der Waals surface area contributed by atoms with E-state index in [2.05, 4.69) is 0 Å². The second kappa shape index (κ2) is 3.74. The summed E-state index contributed by atoms with van der Waals surface area (Å²) in [5.41, 5.74) is 1.96. The molecule has 13 heavy (non-hydrogen) atoms. The Balaban J connectivity index is 3.10. The summed E-state index contributed by atoms with van der Waals surface area (Å²) in [4.78, 5) is 0. The standard InChI is InChI=1S/C8H11O3PS/c1-6-4-3-5-8(7(6)2)12-13(9,10)11/h3-5,12H,1-2H3,(H,9,10,11). The van der Waals surface area contributed by atoms with Crippen LogP contribution in [0.2, 0.25) is 0 Å². The number of rotatable bonds is 2. The molecule has 0 aliphatic carbocycles. The zero-order valence-corrected chi connectivity index (χ0v) is 9.22. The van der Waals surface area contributed by atoms with Gasteiger partial charge in [0.05, 0.1) is 7.78 Å². The molecule has 1 aromatic rings. The average molecular weight is 218 g/mol. The van der Waals surface area contributed by atoms with Gasteiger partial charge in [0.1, 0.15) is 0 Å². The van der Waals surface area contributed by atoms with E-state index in [1.54, 1.807) is 12.1 Å². The van der Waals surface area contributed by atoms with Crippen molar-refractivity contribution < 1.29 is 13.0 Å². The molecule has 0 amide bonds. The SMILES string of the molecule is Cc1cccc(PS(=O)(=O)O)c1C. The summed E-state index contributed by atoms with van der Waals surface area (Å²) in [7, 11) is -4.45. The molecule has 0 radical (unpaired) electrons. The number of hydrogen-bond acceptors (Lipinski definition) is 2. The lowest BCUT2D eigenvalue weighted by Crippen LogP contribution is -2.05. The molecule has 72 valence electrons. The van der Waals surface area contributed by atoms with Crippen molar-refractivity contribution in [1.29, 1.82) is 0 Å². The van der Waals surface area contributed by atoms with E-state index in [4.69, 9.17) is 4.55 Å². The molecule has 0 saturated heterocycles. The fourth-order valence-electron chi connectivity index (χ4n) is 1.00. The van der Waals surface area contributed by atoms with Gasteiger partial charge in [-0.3, -0.25) is 4.55 Å². The molecule has 0 aromatic heterocycles. The first-order valence-electron chi connectivity index (χ1n) is 3.71. The molecule has 3 nitrogen and oxygen atoms in total. The monoisotopic (exact) mass is 218 g/mol. The van der Waals surface area contributed by atoms with Crippen LogP contribution in [0.5, 0.6) is 0 Å². The third-order valence-electron chi connectivity index (χ3n) is 1.84. The molecule has 1 atom stereocenters. The van der Waals surface area contributed by atoms with Crippen LogP contribution in [0.25, 0.3) is 0 Å². The molecule has 0 spiro atoms. The van der Waals surface area contributed by atoms with Crippen molar-refractivity contribution in [3.05, 3.63) is 29.3 Å². The van der Waals surface area contributed by atoms with Gasteiger partial charge in [0.25, 0.3) is 9.74 Å². The highest BCUT2D eigenvalue weighted by Crippen LogP contribution is 2.21. The zero-order chi connectivity index (χ0) is 10.1. The third kappa shape index (κ3) is 3.07. The van der Waals surface area contributed by atoms with E-state index in [1.807, 2.05) is 19.9 Å². The Labute approximate surface area is 79.5 Å². The molecule has 1 aromatic carbocycles. The molecule has 0 heterocycles. The first kappa shape index (κ1) is 10.6. The van der Waals surface area contributed by atoms with Gasteiger partial charge < -0.3 is 0 Å². The number of benzene rings is 1. The summed E-state index contributed by atoms with van der Waals surface area (Å²) < 4.78 is 29.9. The quantitative estimate of drug-likeness (QED) is 0.603. The van der Waals surface area contributed by atoms with Crippen molar-refractivity contribution >= 4 is 22.8 Å². The Morgan fingerprint density at radius 3 is 2.46 bits per heavy atom. The van der Waals surface area contributed by atoms with Crippen molar-refractivity contribution in [3.8, 4) is 0 Å². The largest absolute Gasteiger partial charge is 0.283 e. The van der Waals surface area contributed by atoms with Gasteiger partial charge in [0.2, 0.25) is 0 Å². The summed E-state index contributed by atoms with van der Waals surface area (Å²) in [5, 5.41) is 0.683. The maximum atomic E-state index is 10.6. The Kier molecular flexibility index (Phi) is 3.06. The summed E-state index contributed by atoms with van der Waals surface area (Å²) in [6.45, 7) is 3.76. The third-order valence-corrected chi connectivity index (χ3v) is 4.30. The van der Waals surface area contributed by atoms with E-state index < -0.39 is 17.5 Å². The fourth-order valence-corrected chi connectivity index (χ4v) is 3.29. The predicted molar refractivity (Wildman–Crippen MR) is 55.4 cm³/mol. The van der Waals surface area contributed by atoms with Crippen LogP contribution in [-0.2, 0) is 9.74 Å². The van der Waals surface area contributed by atoms with E-state index in [1.165, 1.54) is 0 Å². The normalized spacial score (nSPS) is 12.5. The second-order valence-electron chi connectivity index (χ2n) is 2.82. The predicted octanol–water partition coefficient (Wildman–Crippen LogP) is 1.41. The first-order valence-corrected chi connectivity index (χ1v) is 6.88. The Hall–Kier alpha value is -0.440. The lowest BCUT2D eigenvalue weighted by molar-refractivity contribution is 0.502. The van der Waals surface area contributed by atoms with E-state index in [0.717, 1.165) is 11.1 Å². The van der Waals surface area contributed by atoms with Gasteiger partial charge in [0, 0.05) is 0 Å². The van der Waals surface area contributed by atoms with Crippen LogP contribution in [0, 0.1) is 13.8 Å². The summed E-state index contributed by atoms with van der Waals surface area (Å²) in [6.07, 6.45) is 0. The van der Waals surface area contributed by atoms with Crippen LogP contribution < -0.4 is 5.30 Å². The lowest BCUT2D eigenvalue weighted by atomic mass is 10.1. The first-order chi connectivity index (χ1) is 5.90. The van der Waals surface area contributed by atoms with Gasteiger partial charge in [-0.25, -0.2) is 0 Å². The Bertz CT molecular complexity index is 411. The maximum Gasteiger partial charge on any atom is 0.282 e. The number of hydrogen-bond donors (Lipinski definition) is 1. The van der Waals surface area contributed by atoms with E-state index in [9.17, 15) is 8.42 Å². The minimum Gasteiger partial charge on any atom is -0.283 e. The highest BCUT2D eigenvalue weighted by molar-refractivity contribution is 8.42. The highest BCUT2D eigenvalue weighted by Gasteiger charge is 2.09. The van der Waals surface area contributed by atoms with Gasteiger partial charge in [-0.15, -0.1) is 0 Å². The fraction of sp³-hybridized carbons (Fsp3) is 0.250. The van der Waals surface area contributed by atoms with Crippen LogP contribution in [-0.4, -0.2) is 13.0 Å². The van der Waals surface area contributed by atoms with Gasteiger partial charge in [-0.1, -0.05) is 18.2 Å². The average Bonchev–Trinajstić information content (AvgIpc) is 1.96. The highest BCUT2D eigenvalue weighted by atomic mass is 32.8. The van der Waals surface area contributed by atoms with Crippen molar-refractivity contribution in [1.82, 2.24) is 0 Å². The molecular weight excluding hydrogens is 207 g/mol.